The third-order valence-electron chi connectivity index (χ3n) is 2.45. The van der Waals surface area contributed by atoms with E-state index in [0.717, 1.165) is 0 Å². The van der Waals surface area contributed by atoms with Crippen molar-refractivity contribution in [2.75, 3.05) is 13.6 Å². The molecule has 1 rings (SSSR count). The topological polar surface area (TPSA) is 36.4 Å². The summed E-state index contributed by atoms with van der Waals surface area (Å²) < 4.78 is 13.6. The molecular formula is C14H22ClFIN3. The second-order valence-corrected chi connectivity index (χ2v) is 5.73. The predicted octanol–water partition coefficient (Wildman–Crippen LogP) is 3.60. The molecule has 0 aromatic heterocycles. The molecule has 1 aromatic carbocycles. The van der Waals surface area contributed by atoms with Crippen molar-refractivity contribution in [3.8, 4) is 0 Å². The molecule has 1 aromatic rings. The van der Waals surface area contributed by atoms with Gasteiger partial charge in [0, 0.05) is 29.7 Å². The number of hydrogen-bond donors (Lipinski definition) is 2. The third-order valence-corrected chi connectivity index (χ3v) is 2.80. The molecule has 0 bridgehead atoms. The summed E-state index contributed by atoms with van der Waals surface area (Å²) in [6.07, 6.45) is 0.510. The first-order chi connectivity index (χ1) is 8.83. The van der Waals surface area contributed by atoms with Gasteiger partial charge in [0.25, 0.3) is 0 Å². The Morgan fingerprint density at radius 2 is 2.00 bits per heavy atom. The number of hydrogen-bond acceptors (Lipinski definition) is 1. The number of aliphatic imine (C=N–C) groups is 1. The smallest absolute Gasteiger partial charge is 0.191 e. The Morgan fingerprint density at radius 3 is 2.50 bits per heavy atom. The van der Waals surface area contributed by atoms with E-state index in [2.05, 4.69) is 15.6 Å². The Labute approximate surface area is 142 Å². The third kappa shape index (κ3) is 6.74. The van der Waals surface area contributed by atoms with Crippen molar-refractivity contribution in [1.82, 2.24) is 10.6 Å². The zero-order valence-electron chi connectivity index (χ0n) is 12.3. The highest BCUT2D eigenvalue weighted by Gasteiger charge is 2.12. The molecule has 0 aliphatic carbocycles. The van der Waals surface area contributed by atoms with Crippen molar-refractivity contribution >= 4 is 41.5 Å². The Hall–Kier alpha value is -0.560. The molecule has 0 heterocycles. The van der Waals surface area contributed by atoms with Gasteiger partial charge in [0.1, 0.15) is 5.82 Å². The number of halogens is 3. The van der Waals surface area contributed by atoms with Crippen LogP contribution in [0.2, 0.25) is 5.02 Å². The van der Waals surface area contributed by atoms with Crippen LogP contribution >= 0.6 is 35.6 Å². The molecule has 0 spiro atoms. The molecule has 3 nitrogen and oxygen atoms in total. The van der Waals surface area contributed by atoms with Crippen LogP contribution in [0.25, 0.3) is 0 Å². The quantitative estimate of drug-likeness (QED) is 0.451. The zero-order valence-corrected chi connectivity index (χ0v) is 15.3. The van der Waals surface area contributed by atoms with Crippen LogP contribution in [0.4, 0.5) is 4.39 Å². The maximum Gasteiger partial charge on any atom is 0.191 e. The van der Waals surface area contributed by atoms with Crippen LogP contribution in [0.5, 0.6) is 0 Å². The lowest BCUT2D eigenvalue weighted by atomic mass is 10.1. The molecule has 0 saturated heterocycles. The molecule has 6 heteroatoms. The fourth-order valence-corrected chi connectivity index (χ4v) is 1.87. The van der Waals surface area contributed by atoms with Crippen LogP contribution in [0.1, 0.15) is 26.3 Å². The van der Waals surface area contributed by atoms with Gasteiger partial charge in [-0.15, -0.1) is 24.0 Å². The SMILES string of the molecule is CN=C(NCCc1c(F)cccc1Cl)NC(C)(C)C.I. The normalized spacial score (nSPS) is 11.8. The molecule has 0 radical (unpaired) electrons. The first kappa shape index (κ1) is 19.4. The van der Waals surface area contributed by atoms with Crippen LogP contribution in [0.15, 0.2) is 23.2 Å². The molecule has 0 atom stereocenters. The van der Waals surface area contributed by atoms with Gasteiger partial charge in [0.05, 0.1) is 0 Å². The number of benzene rings is 1. The van der Waals surface area contributed by atoms with E-state index >= 15 is 0 Å². The largest absolute Gasteiger partial charge is 0.356 e. The second-order valence-electron chi connectivity index (χ2n) is 5.32. The molecule has 2 N–H and O–H groups in total. The number of nitrogens with one attached hydrogen (secondary N) is 2. The van der Waals surface area contributed by atoms with E-state index in [1.165, 1.54) is 6.07 Å². The second kappa shape index (κ2) is 8.67. The van der Waals surface area contributed by atoms with Gasteiger partial charge in [-0.05, 0) is 39.3 Å². The Bertz CT molecular complexity index is 438. The zero-order chi connectivity index (χ0) is 14.5. The van der Waals surface area contributed by atoms with E-state index in [4.69, 9.17) is 11.6 Å². The summed E-state index contributed by atoms with van der Waals surface area (Å²) in [7, 11) is 1.71. The predicted molar refractivity (Wildman–Crippen MR) is 94.8 cm³/mol. The van der Waals surface area contributed by atoms with Crippen LogP contribution in [0.3, 0.4) is 0 Å². The minimum Gasteiger partial charge on any atom is -0.356 e. The first-order valence-electron chi connectivity index (χ1n) is 6.25. The summed E-state index contributed by atoms with van der Waals surface area (Å²) in [6.45, 7) is 6.71. The van der Waals surface area contributed by atoms with E-state index in [9.17, 15) is 4.39 Å². The van der Waals surface area contributed by atoms with E-state index in [1.807, 2.05) is 20.8 Å². The lowest BCUT2D eigenvalue weighted by molar-refractivity contribution is 0.501. The highest BCUT2D eigenvalue weighted by Crippen LogP contribution is 2.18. The average Bonchev–Trinajstić information content (AvgIpc) is 2.30. The van der Waals surface area contributed by atoms with Gasteiger partial charge in [0.15, 0.2) is 5.96 Å². The van der Waals surface area contributed by atoms with Gasteiger partial charge in [-0.1, -0.05) is 17.7 Å². The minimum atomic E-state index is -0.270. The van der Waals surface area contributed by atoms with Crippen LogP contribution in [0, 0.1) is 5.82 Å². The van der Waals surface area contributed by atoms with Gasteiger partial charge in [-0.2, -0.15) is 0 Å². The van der Waals surface area contributed by atoms with Crippen LogP contribution in [-0.4, -0.2) is 25.1 Å². The van der Waals surface area contributed by atoms with Crippen LogP contribution < -0.4 is 10.6 Å². The molecule has 114 valence electrons. The van der Waals surface area contributed by atoms with Crippen molar-refractivity contribution in [2.45, 2.75) is 32.7 Å². The Kier molecular flexibility index (Phi) is 8.42. The van der Waals surface area contributed by atoms with Gasteiger partial charge in [-0.3, -0.25) is 4.99 Å². The van der Waals surface area contributed by atoms with Crippen molar-refractivity contribution in [1.29, 1.82) is 0 Å². The number of nitrogens with zero attached hydrogens (tertiary/aromatic N) is 1. The summed E-state index contributed by atoms with van der Waals surface area (Å²) >= 11 is 5.97. The summed E-state index contributed by atoms with van der Waals surface area (Å²) in [6, 6.07) is 4.72. The van der Waals surface area contributed by atoms with E-state index in [0.29, 0.717) is 29.5 Å². The lowest BCUT2D eigenvalue weighted by Gasteiger charge is -2.23. The van der Waals surface area contributed by atoms with Gasteiger partial charge >= 0.3 is 0 Å². The standard InChI is InChI=1S/C14H21ClFN3.HI/c1-14(2,3)19-13(17-4)18-9-8-10-11(15)6-5-7-12(10)16;/h5-7H,8-9H2,1-4H3,(H2,17,18,19);1H. The Balaban J connectivity index is 0.00000361. The lowest BCUT2D eigenvalue weighted by Crippen LogP contribution is -2.48. The maximum atomic E-state index is 13.6. The average molecular weight is 414 g/mol. The molecule has 20 heavy (non-hydrogen) atoms. The fourth-order valence-electron chi connectivity index (χ4n) is 1.61. The Morgan fingerprint density at radius 1 is 1.35 bits per heavy atom. The summed E-state index contributed by atoms with van der Waals surface area (Å²) in [5.74, 6) is 0.424. The highest BCUT2D eigenvalue weighted by molar-refractivity contribution is 14.0. The van der Waals surface area contributed by atoms with Crippen molar-refractivity contribution < 1.29 is 4.39 Å². The fraction of sp³-hybridized carbons (Fsp3) is 0.500. The van der Waals surface area contributed by atoms with E-state index < -0.39 is 0 Å². The van der Waals surface area contributed by atoms with Gasteiger partial charge in [-0.25, -0.2) is 4.39 Å². The molecule has 0 aliphatic heterocycles. The van der Waals surface area contributed by atoms with E-state index in [1.54, 1.807) is 19.2 Å². The minimum absolute atomic E-state index is 0. The summed E-state index contributed by atoms with van der Waals surface area (Å²) in [5, 5.41) is 6.83. The van der Waals surface area contributed by atoms with Crippen molar-refractivity contribution in [3.05, 3.63) is 34.6 Å². The molecule has 0 fully saturated rings. The highest BCUT2D eigenvalue weighted by atomic mass is 127. The van der Waals surface area contributed by atoms with Gasteiger partial charge in [0.2, 0.25) is 0 Å². The monoisotopic (exact) mass is 413 g/mol. The van der Waals surface area contributed by atoms with Crippen molar-refractivity contribution in [2.24, 2.45) is 4.99 Å². The maximum absolute atomic E-state index is 13.6. The van der Waals surface area contributed by atoms with Crippen molar-refractivity contribution in [3.63, 3.8) is 0 Å². The molecule has 0 amide bonds. The summed E-state index contributed by atoms with van der Waals surface area (Å²) in [4.78, 5) is 4.12. The number of guanidine groups is 1. The van der Waals surface area contributed by atoms with Crippen LogP contribution in [-0.2, 0) is 6.42 Å². The molecule has 0 aliphatic rings. The first-order valence-corrected chi connectivity index (χ1v) is 6.63. The van der Waals surface area contributed by atoms with E-state index in [-0.39, 0.29) is 35.3 Å². The number of rotatable bonds is 3. The molecular weight excluding hydrogens is 392 g/mol. The molecule has 0 unspecified atom stereocenters. The summed E-state index contributed by atoms with van der Waals surface area (Å²) in [5.41, 5.74) is 0.459. The van der Waals surface area contributed by atoms with Gasteiger partial charge < -0.3 is 10.6 Å². The molecule has 0 saturated carbocycles.